The van der Waals surface area contributed by atoms with Crippen LogP contribution in [0.15, 0.2) is 72.9 Å². The number of aromatic nitrogens is 2. The molecule has 2 aromatic carbocycles. The third kappa shape index (κ3) is 2.94. The second-order valence-electron chi connectivity index (χ2n) is 7.42. The monoisotopic (exact) mass is 353 g/mol. The molecule has 4 aromatic rings. The Morgan fingerprint density at radius 1 is 1.04 bits per heavy atom. The van der Waals surface area contributed by atoms with Crippen molar-refractivity contribution in [3.05, 3.63) is 101 Å². The number of pyridine rings is 1. The molecule has 3 nitrogen and oxygen atoms in total. The van der Waals surface area contributed by atoms with Crippen LogP contribution in [0.5, 0.6) is 0 Å². The Labute approximate surface area is 159 Å². The predicted molar refractivity (Wildman–Crippen MR) is 110 cm³/mol. The number of rotatable bonds is 3. The number of hydrogen-bond acceptors (Lipinski definition) is 2. The largest absolute Gasteiger partial charge is 0.357 e. The summed E-state index contributed by atoms with van der Waals surface area (Å²) in [6, 6.07) is 24.0. The summed E-state index contributed by atoms with van der Waals surface area (Å²) in [6.07, 6.45) is 2.95. The molecule has 0 aliphatic carbocycles. The normalized spacial score (nSPS) is 17.1. The van der Waals surface area contributed by atoms with Gasteiger partial charge in [-0.3, -0.25) is 9.88 Å². The van der Waals surface area contributed by atoms with Gasteiger partial charge in [0.1, 0.15) is 0 Å². The molecule has 0 amide bonds. The molecule has 27 heavy (non-hydrogen) atoms. The lowest BCUT2D eigenvalue weighted by Crippen LogP contribution is -2.35. The summed E-state index contributed by atoms with van der Waals surface area (Å²) in [5.74, 6) is 0. The Morgan fingerprint density at radius 3 is 2.78 bits per heavy atom. The Bertz CT molecular complexity index is 1080. The zero-order valence-electron chi connectivity index (χ0n) is 15.5. The Balaban J connectivity index is 1.64. The van der Waals surface area contributed by atoms with Gasteiger partial charge in [0.2, 0.25) is 0 Å². The van der Waals surface area contributed by atoms with Gasteiger partial charge in [0, 0.05) is 35.9 Å². The van der Waals surface area contributed by atoms with Gasteiger partial charge in [-0.25, -0.2) is 0 Å². The maximum atomic E-state index is 4.57. The molecule has 1 unspecified atom stereocenters. The average Bonchev–Trinajstić information content (AvgIpc) is 3.07. The average molecular weight is 353 g/mol. The molecule has 2 aromatic heterocycles. The minimum absolute atomic E-state index is 0.225. The van der Waals surface area contributed by atoms with E-state index < -0.39 is 0 Å². The molecule has 0 radical (unpaired) electrons. The van der Waals surface area contributed by atoms with Crippen molar-refractivity contribution in [2.45, 2.75) is 25.9 Å². The van der Waals surface area contributed by atoms with Crippen LogP contribution in [0.1, 0.15) is 34.1 Å². The van der Waals surface area contributed by atoms with E-state index in [9.17, 15) is 0 Å². The predicted octanol–water partition coefficient (Wildman–Crippen LogP) is 5.02. The second kappa shape index (κ2) is 6.67. The van der Waals surface area contributed by atoms with E-state index in [1.54, 1.807) is 0 Å². The van der Waals surface area contributed by atoms with Gasteiger partial charge in [0.15, 0.2) is 0 Å². The highest BCUT2D eigenvalue weighted by Crippen LogP contribution is 2.39. The van der Waals surface area contributed by atoms with Crippen molar-refractivity contribution in [3.8, 4) is 0 Å². The number of aryl methyl sites for hydroxylation is 1. The van der Waals surface area contributed by atoms with Crippen LogP contribution >= 0.6 is 0 Å². The minimum Gasteiger partial charge on any atom is -0.357 e. The van der Waals surface area contributed by atoms with E-state index >= 15 is 0 Å². The molecular formula is C24H23N3. The van der Waals surface area contributed by atoms with Crippen LogP contribution in [0, 0.1) is 6.92 Å². The second-order valence-corrected chi connectivity index (χ2v) is 7.42. The van der Waals surface area contributed by atoms with Crippen LogP contribution in [0.25, 0.3) is 10.9 Å². The van der Waals surface area contributed by atoms with Gasteiger partial charge in [-0.2, -0.15) is 0 Å². The third-order valence-corrected chi connectivity index (χ3v) is 5.58. The standard InChI is InChI=1S/C24H23N3/c1-17-7-6-8-18(15-17)24-23-21(20-10-2-3-11-22(20)26-23)12-14-27(24)16-19-9-4-5-13-25-19/h2-11,13,15,24,26H,12,14,16H2,1H3. The quantitative estimate of drug-likeness (QED) is 0.561. The van der Waals surface area contributed by atoms with E-state index in [4.69, 9.17) is 0 Å². The third-order valence-electron chi connectivity index (χ3n) is 5.58. The van der Waals surface area contributed by atoms with Crippen molar-refractivity contribution in [1.29, 1.82) is 0 Å². The molecule has 0 fully saturated rings. The van der Waals surface area contributed by atoms with Crippen molar-refractivity contribution >= 4 is 10.9 Å². The van der Waals surface area contributed by atoms with Crippen molar-refractivity contribution in [2.75, 3.05) is 6.54 Å². The van der Waals surface area contributed by atoms with E-state index in [2.05, 4.69) is 82.5 Å². The zero-order chi connectivity index (χ0) is 18.2. The summed E-state index contributed by atoms with van der Waals surface area (Å²) in [6.45, 7) is 4.06. The SMILES string of the molecule is Cc1cccc(C2c3[nH]c4ccccc4c3CCN2Cc2ccccn2)c1. The van der Waals surface area contributed by atoms with E-state index in [1.165, 1.54) is 33.3 Å². The van der Waals surface area contributed by atoms with Crippen LogP contribution in [0.2, 0.25) is 0 Å². The van der Waals surface area contributed by atoms with Gasteiger partial charge in [-0.15, -0.1) is 0 Å². The molecule has 1 aliphatic rings. The molecule has 1 atom stereocenters. The van der Waals surface area contributed by atoms with Crippen molar-refractivity contribution in [3.63, 3.8) is 0 Å². The van der Waals surface area contributed by atoms with Gasteiger partial charge in [0.05, 0.1) is 11.7 Å². The summed E-state index contributed by atoms with van der Waals surface area (Å²) in [5.41, 5.74) is 7.81. The molecular weight excluding hydrogens is 330 g/mol. The van der Waals surface area contributed by atoms with Crippen molar-refractivity contribution in [1.82, 2.24) is 14.9 Å². The fourth-order valence-corrected chi connectivity index (χ4v) is 4.38. The van der Waals surface area contributed by atoms with Gasteiger partial charge >= 0.3 is 0 Å². The van der Waals surface area contributed by atoms with Gasteiger partial charge in [0.25, 0.3) is 0 Å². The summed E-state index contributed by atoms with van der Waals surface area (Å²) < 4.78 is 0. The molecule has 3 heterocycles. The maximum absolute atomic E-state index is 4.57. The van der Waals surface area contributed by atoms with Crippen LogP contribution in [-0.4, -0.2) is 21.4 Å². The Hall–Kier alpha value is -2.91. The lowest BCUT2D eigenvalue weighted by atomic mass is 9.91. The lowest BCUT2D eigenvalue weighted by molar-refractivity contribution is 0.199. The van der Waals surface area contributed by atoms with Crippen LogP contribution in [0.4, 0.5) is 0 Å². The van der Waals surface area contributed by atoms with E-state index in [-0.39, 0.29) is 6.04 Å². The fourth-order valence-electron chi connectivity index (χ4n) is 4.38. The summed E-state index contributed by atoms with van der Waals surface area (Å²) in [5, 5.41) is 1.36. The number of H-pyrrole nitrogens is 1. The highest BCUT2D eigenvalue weighted by Gasteiger charge is 2.31. The van der Waals surface area contributed by atoms with Crippen molar-refractivity contribution in [2.24, 2.45) is 0 Å². The molecule has 1 N–H and O–H groups in total. The van der Waals surface area contributed by atoms with Crippen LogP contribution in [-0.2, 0) is 13.0 Å². The van der Waals surface area contributed by atoms with E-state index in [0.717, 1.165) is 25.2 Å². The number of para-hydroxylation sites is 1. The molecule has 1 aliphatic heterocycles. The summed E-state index contributed by atoms with van der Waals surface area (Å²) >= 11 is 0. The molecule has 0 bridgehead atoms. The molecule has 3 heteroatoms. The first-order chi connectivity index (χ1) is 13.3. The van der Waals surface area contributed by atoms with Gasteiger partial charge in [-0.1, -0.05) is 54.1 Å². The number of benzene rings is 2. The molecule has 0 spiro atoms. The number of hydrogen-bond donors (Lipinski definition) is 1. The minimum atomic E-state index is 0.225. The molecule has 134 valence electrons. The summed E-state index contributed by atoms with van der Waals surface area (Å²) in [4.78, 5) is 10.9. The van der Waals surface area contributed by atoms with Crippen molar-refractivity contribution < 1.29 is 0 Å². The topological polar surface area (TPSA) is 31.9 Å². The van der Waals surface area contributed by atoms with Crippen LogP contribution < -0.4 is 0 Å². The number of aromatic amines is 1. The molecule has 5 rings (SSSR count). The first-order valence-corrected chi connectivity index (χ1v) is 9.59. The van der Waals surface area contributed by atoms with Gasteiger partial charge in [-0.05, 0) is 42.7 Å². The highest BCUT2D eigenvalue weighted by molar-refractivity contribution is 5.85. The molecule has 0 saturated carbocycles. The first-order valence-electron chi connectivity index (χ1n) is 9.59. The highest BCUT2D eigenvalue weighted by atomic mass is 15.2. The first kappa shape index (κ1) is 16.3. The lowest BCUT2D eigenvalue weighted by Gasteiger charge is -2.36. The maximum Gasteiger partial charge on any atom is 0.0760 e. The summed E-state index contributed by atoms with van der Waals surface area (Å²) in [7, 11) is 0. The van der Waals surface area contributed by atoms with Crippen LogP contribution in [0.3, 0.4) is 0 Å². The van der Waals surface area contributed by atoms with E-state index in [1.807, 2.05) is 12.3 Å². The number of nitrogens with zero attached hydrogens (tertiary/aromatic N) is 2. The smallest absolute Gasteiger partial charge is 0.0760 e. The Kier molecular flexibility index (Phi) is 4.02. The number of fused-ring (bicyclic) bond motifs is 3. The Morgan fingerprint density at radius 2 is 1.93 bits per heavy atom. The van der Waals surface area contributed by atoms with Gasteiger partial charge < -0.3 is 4.98 Å². The molecule has 0 saturated heterocycles. The fraction of sp³-hybridized carbons (Fsp3) is 0.208. The van der Waals surface area contributed by atoms with E-state index in [0.29, 0.717) is 0 Å². The zero-order valence-corrected chi connectivity index (χ0v) is 15.5. The number of nitrogens with one attached hydrogen (secondary N) is 1.